The third-order valence-corrected chi connectivity index (χ3v) is 7.41. The van der Waals surface area contributed by atoms with Gasteiger partial charge in [0.15, 0.2) is 23.1 Å². The second-order valence-corrected chi connectivity index (χ2v) is 11.1. The minimum atomic E-state index is -1.10. The highest BCUT2D eigenvalue weighted by Crippen LogP contribution is 2.46. The lowest BCUT2D eigenvalue weighted by Crippen LogP contribution is -2.21. The first-order valence-corrected chi connectivity index (χ1v) is 16.0. The standard InChI is InChI=1S/C35H48O9/c1-4-7-10-13-19-26(37)29-31(35(42)43-23-24-17-16-18-25(36)22-24)30(27(38)20-14-11-8-5-2)34(33(41)32(29)40)44-28(39)21-15-12-9-6-3/h16-18,22,36,40-41H,4-15,19-21,23H2,1-3H3. The summed E-state index contributed by atoms with van der Waals surface area (Å²) in [7, 11) is 0. The van der Waals surface area contributed by atoms with Crippen molar-refractivity contribution < 1.29 is 44.0 Å². The summed E-state index contributed by atoms with van der Waals surface area (Å²) < 4.78 is 11.0. The second-order valence-electron chi connectivity index (χ2n) is 11.1. The number of ketones is 2. The van der Waals surface area contributed by atoms with Crippen molar-refractivity contribution in [1.82, 2.24) is 0 Å². The van der Waals surface area contributed by atoms with E-state index in [0.717, 1.165) is 57.8 Å². The summed E-state index contributed by atoms with van der Waals surface area (Å²) >= 11 is 0. The van der Waals surface area contributed by atoms with Gasteiger partial charge in [-0.15, -0.1) is 0 Å². The van der Waals surface area contributed by atoms with E-state index in [2.05, 4.69) is 0 Å². The molecule has 0 unspecified atom stereocenters. The Bertz CT molecular complexity index is 1270. The van der Waals surface area contributed by atoms with Gasteiger partial charge in [-0.05, 0) is 37.0 Å². The fraction of sp³-hybridized carbons (Fsp3) is 0.543. The number of carbonyl (C=O) groups excluding carboxylic acids is 4. The molecule has 0 atom stereocenters. The summed E-state index contributed by atoms with van der Waals surface area (Å²) in [6, 6.07) is 6.04. The van der Waals surface area contributed by atoms with Crippen LogP contribution < -0.4 is 4.74 Å². The number of Topliss-reactive ketones (excluding diaryl/α,β-unsaturated/α-hetero) is 2. The van der Waals surface area contributed by atoms with Crippen LogP contribution in [0.5, 0.6) is 23.0 Å². The molecule has 0 aromatic heterocycles. The lowest BCUT2D eigenvalue weighted by atomic mass is 9.89. The van der Waals surface area contributed by atoms with Crippen molar-refractivity contribution in [3.63, 3.8) is 0 Å². The maximum Gasteiger partial charge on any atom is 0.340 e. The highest BCUT2D eigenvalue weighted by molar-refractivity contribution is 6.17. The normalized spacial score (nSPS) is 10.9. The average Bonchev–Trinajstić information content (AvgIpc) is 3.00. The molecule has 9 nitrogen and oxygen atoms in total. The number of hydrogen-bond donors (Lipinski definition) is 3. The Labute approximate surface area is 260 Å². The minimum absolute atomic E-state index is 0.000275. The van der Waals surface area contributed by atoms with Gasteiger partial charge in [0.1, 0.15) is 12.4 Å². The van der Waals surface area contributed by atoms with Crippen molar-refractivity contribution in [2.45, 2.75) is 124 Å². The van der Waals surface area contributed by atoms with Crippen molar-refractivity contribution >= 4 is 23.5 Å². The number of hydrogen-bond acceptors (Lipinski definition) is 9. The zero-order valence-electron chi connectivity index (χ0n) is 26.4. The van der Waals surface area contributed by atoms with E-state index in [9.17, 15) is 34.5 Å². The van der Waals surface area contributed by atoms with E-state index in [1.807, 2.05) is 20.8 Å². The monoisotopic (exact) mass is 612 g/mol. The Morgan fingerprint density at radius 1 is 0.636 bits per heavy atom. The molecular formula is C35H48O9. The molecule has 0 radical (unpaired) electrons. The molecule has 9 heteroatoms. The SMILES string of the molecule is CCCCCCC(=O)Oc1c(O)c(O)c(C(=O)CCCCCC)c(C(=O)OCc2cccc(O)c2)c1C(=O)CCCCCC. The van der Waals surface area contributed by atoms with Crippen molar-refractivity contribution in [1.29, 1.82) is 0 Å². The third-order valence-electron chi connectivity index (χ3n) is 7.41. The Kier molecular flexibility index (Phi) is 16.0. The number of benzene rings is 2. The van der Waals surface area contributed by atoms with Crippen LogP contribution in [0, 0.1) is 0 Å². The van der Waals surface area contributed by atoms with Gasteiger partial charge in [-0.1, -0.05) is 90.7 Å². The van der Waals surface area contributed by atoms with Gasteiger partial charge in [-0.3, -0.25) is 14.4 Å². The van der Waals surface area contributed by atoms with E-state index >= 15 is 0 Å². The largest absolute Gasteiger partial charge is 0.508 e. The van der Waals surface area contributed by atoms with Gasteiger partial charge in [0.05, 0.1) is 16.7 Å². The molecule has 2 aromatic rings. The number of carbonyl (C=O) groups is 4. The minimum Gasteiger partial charge on any atom is -0.508 e. The first kappa shape index (κ1) is 36.3. The van der Waals surface area contributed by atoms with Crippen LogP contribution in [0.25, 0.3) is 0 Å². The highest BCUT2D eigenvalue weighted by atomic mass is 16.5. The Morgan fingerprint density at radius 3 is 1.73 bits per heavy atom. The lowest BCUT2D eigenvalue weighted by Gasteiger charge is -2.20. The molecule has 44 heavy (non-hydrogen) atoms. The molecule has 0 bridgehead atoms. The first-order valence-electron chi connectivity index (χ1n) is 16.0. The molecule has 2 aromatic carbocycles. The number of phenols is 3. The van der Waals surface area contributed by atoms with Crippen LogP contribution in [0.2, 0.25) is 0 Å². The van der Waals surface area contributed by atoms with Gasteiger partial charge >= 0.3 is 11.9 Å². The molecule has 0 aliphatic rings. The molecular weight excluding hydrogens is 564 g/mol. The molecule has 0 saturated carbocycles. The van der Waals surface area contributed by atoms with Gasteiger partial charge in [0, 0.05) is 19.3 Å². The fourth-order valence-electron chi connectivity index (χ4n) is 4.95. The van der Waals surface area contributed by atoms with Gasteiger partial charge < -0.3 is 24.8 Å². The number of rotatable bonds is 21. The molecule has 0 heterocycles. The quantitative estimate of drug-likeness (QED) is 0.0416. The van der Waals surface area contributed by atoms with Gasteiger partial charge in [-0.25, -0.2) is 4.79 Å². The van der Waals surface area contributed by atoms with E-state index in [0.29, 0.717) is 24.8 Å². The molecule has 0 spiro atoms. The predicted octanol–water partition coefficient (Wildman–Crippen LogP) is 8.34. The topological polar surface area (TPSA) is 147 Å². The lowest BCUT2D eigenvalue weighted by molar-refractivity contribution is -0.134. The molecule has 242 valence electrons. The van der Waals surface area contributed by atoms with E-state index in [1.54, 1.807) is 12.1 Å². The maximum absolute atomic E-state index is 13.8. The number of ether oxygens (including phenoxy) is 2. The summed E-state index contributed by atoms with van der Waals surface area (Å²) in [6.45, 7) is 5.77. The molecule has 3 N–H and O–H groups in total. The van der Waals surface area contributed by atoms with Gasteiger partial charge in [-0.2, -0.15) is 0 Å². The zero-order valence-corrected chi connectivity index (χ0v) is 26.4. The summed E-state index contributed by atoms with van der Waals surface area (Å²) in [5.74, 6) is -5.66. The smallest absolute Gasteiger partial charge is 0.340 e. The molecule has 0 amide bonds. The zero-order chi connectivity index (χ0) is 32.5. The molecule has 0 saturated heterocycles. The van der Waals surface area contributed by atoms with E-state index in [1.165, 1.54) is 12.1 Å². The van der Waals surface area contributed by atoms with Crippen LogP contribution in [0.3, 0.4) is 0 Å². The second kappa shape index (κ2) is 19.4. The molecule has 0 fully saturated rings. The van der Waals surface area contributed by atoms with Gasteiger partial charge in [0.25, 0.3) is 0 Å². The van der Waals surface area contributed by atoms with Crippen molar-refractivity contribution in [2.75, 3.05) is 0 Å². The first-order chi connectivity index (χ1) is 21.2. The van der Waals surface area contributed by atoms with E-state index in [4.69, 9.17) is 9.47 Å². The van der Waals surface area contributed by atoms with E-state index < -0.39 is 57.4 Å². The average molecular weight is 613 g/mol. The summed E-state index contributed by atoms with van der Waals surface area (Å²) in [5.41, 5.74) is -1.06. The maximum atomic E-state index is 13.8. The van der Waals surface area contributed by atoms with Crippen molar-refractivity contribution in [3.05, 3.63) is 46.5 Å². The summed E-state index contributed by atoms with van der Waals surface area (Å²) in [5, 5.41) is 32.0. The van der Waals surface area contributed by atoms with Crippen LogP contribution in [-0.2, 0) is 16.1 Å². The number of unbranched alkanes of at least 4 members (excludes halogenated alkanes) is 9. The highest BCUT2D eigenvalue weighted by Gasteiger charge is 2.36. The van der Waals surface area contributed by atoms with Crippen molar-refractivity contribution in [2.24, 2.45) is 0 Å². The fourth-order valence-corrected chi connectivity index (χ4v) is 4.95. The van der Waals surface area contributed by atoms with Crippen LogP contribution in [-0.4, -0.2) is 38.8 Å². The summed E-state index contributed by atoms with van der Waals surface area (Å²) in [6.07, 6.45) is 9.15. The summed E-state index contributed by atoms with van der Waals surface area (Å²) in [4.78, 5) is 53.8. The molecule has 0 aliphatic heterocycles. The van der Waals surface area contributed by atoms with Gasteiger partial charge in [0.2, 0.25) is 5.75 Å². The Balaban J connectivity index is 2.65. The Morgan fingerprint density at radius 2 is 1.18 bits per heavy atom. The predicted molar refractivity (Wildman–Crippen MR) is 168 cm³/mol. The van der Waals surface area contributed by atoms with Crippen molar-refractivity contribution in [3.8, 4) is 23.0 Å². The van der Waals surface area contributed by atoms with E-state index in [-0.39, 0.29) is 31.6 Å². The third kappa shape index (κ3) is 11.0. The van der Waals surface area contributed by atoms with Crippen LogP contribution in [0.4, 0.5) is 0 Å². The molecule has 0 aliphatic carbocycles. The number of aromatic hydroxyl groups is 3. The number of phenolic OH excluding ortho intramolecular Hbond substituents is 3. The molecule has 2 rings (SSSR count). The van der Waals surface area contributed by atoms with Crippen LogP contribution in [0.15, 0.2) is 24.3 Å². The Hall–Kier alpha value is -3.88. The van der Waals surface area contributed by atoms with Crippen LogP contribution in [0.1, 0.15) is 154 Å². The number of esters is 2. The van der Waals surface area contributed by atoms with Crippen LogP contribution >= 0.6 is 0 Å².